The lowest BCUT2D eigenvalue weighted by Crippen LogP contribution is -2.02. The molecule has 3 rings (SSSR count). The molecule has 0 bridgehead atoms. The van der Waals surface area contributed by atoms with E-state index in [0.717, 1.165) is 34.4 Å². The zero-order valence-corrected chi connectivity index (χ0v) is 11.5. The van der Waals surface area contributed by atoms with Crippen molar-refractivity contribution in [2.24, 2.45) is 0 Å². The summed E-state index contributed by atoms with van der Waals surface area (Å²) in [4.78, 5) is 12.4. The second kappa shape index (κ2) is 4.26. The third kappa shape index (κ3) is 1.74. The van der Waals surface area contributed by atoms with Gasteiger partial charge in [0, 0.05) is 4.88 Å². The predicted molar refractivity (Wildman–Crippen MR) is 74.1 cm³/mol. The Hall–Kier alpha value is -1.03. The highest BCUT2D eigenvalue weighted by molar-refractivity contribution is 7.17. The SMILES string of the molecule is O=C(O)c1cc2c(s1)-c1ccc(Cl)c(Cl)c1CC2. The second-order valence-electron chi connectivity index (χ2n) is 4.16. The van der Waals surface area contributed by atoms with Gasteiger partial charge >= 0.3 is 5.97 Å². The van der Waals surface area contributed by atoms with E-state index in [1.54, 1.807) is 12.1 Å². The molecular weight excluding hydrogens is 291 g/mol. The fraction of sp³-hybridized carbons (Fsp3) is 0.154. The van der Waals surface area contributed by atoms with Gasteiger partial charge in [0.2, 0.25) is 0 Å². The summed E-state index contributed by atoms with van der Waals surface area (Å²) >= 11 is 13.5. The van der Waals surface area contributed by atoms with E-state index in [-0.39, 0.29) is 0 Å². The molecule has 0 atom stereocenters. The predicted octanol–water partition coefficient (Wildman–Crippen LogP) is 4.52. The molecule has 1 aromatic heterocycles. The van der Waals surface area contributed by atoms with Crippen molar-refractivity contribution >= 4 is 40.5 Å². The van der Waals surface area contributed by atoms with Crippen LogP contribution in [0.4, 0.5) is 0 Å². The van der Waals surface area contributed by atoms with Gasteiger partial charge in [-0.25, -0.2) is 4.79 Å². The standard InChI is InChI=1S/C13H8Cl2O2S/c14-9-4-3-8-7(11(9)15)2-1-6-5-10(13(16)17)18-12(6)8/h3-5H,1-2H2,(H,16,17). The van der Waals surface area contributed by atoms with E-state index in [2.05, 4.69) is 0 Å². The van der Waals surface area contributed by atoms with Crippen molar-refractivity contribution in [3.8, 4) is 10.4 Å². The molecule has 18 heavy (non-hydrogen) atoms. The van der Waals surface area contributed by atoms with E-state index in [1.807, 2.05) is 6.07 Å². The van der Waals surface area contributed by atoms with Gasteiger partial charge in [-0.15, -0.1) is 11.3 Å². The molecule has 0 radical (unpaired) electrons. The fourth-order valence-electron chi connectivity index (χ4n) is 2.26. The van der Waals surface area contributed by atoms with Gasteiger partial charge in [-0.2, -0.15) is 0 Å². The third-order valence-electron chi connectivity index (χ3n) is 3.10. The largest absolute Gasteiger partial charge is 0.477 e. The first-order valence-corrected chi connectivity index (χ1v) is 6.98. The lowest BCUT2D eigenvalue weighted by Gasteiger charge is -2.17. The van der Waals surface area contributed by atoms with E-state index in [9.17, 15) is 4.79 Å². The number of aryl methyl sites for hydroxylation is 1. The molecule has 0 unspecified atom stereocenters. The minimum absolute atomic E-state index is 0.374. The second-order valence-corrected chi connectivity index (χ2v) is 6.00. The Bertz CT molecular complexity index is 661. The third-order valence-corrected chi connectivity index (χ3v) is 5.15. The summed E-state index contributed by atoms with van der Waals surface area (Å²) in [5.41, 5.74) is 3.13. The molecule has 1 aliphatic rings. The smallest absolute Gasteiger partial charge is 0.345 e. The number of aromatic carboxylic acids is 1. The molecule has 2 nitrogen and oxygen atoms in total. The van der Waals surface area contributed by atoms with Crippen LogP contribution in [0.25, 0.3) is 10.4 Å². The highest BCUT2D eigenvalue weighted by atomic mass is 35.5. The van der Waals surface area contributed by atoms with Crippen molar-refractivity contribution in [3.05, 3.63) is 44.2 Å². The minimum atomic E-state index is -0.879. The number of hydrogen-bond donors (Lipinski definition) is 1. The van der Waals surface area contributed by atoms with Gasteiger partial charge in [0.25, 0.3) is 0 Å². The lowest BCUT2D eigenvalue weighted by molar-refractivity contribution is 0.0702. The Morgan fingerprint density at radius 3 is 2.78 bits per heavy atom. The van der Waals surface area contributed by atoms with Crippen LogP contribution in [-0.2, 0) is 12.8 Å². The fourth-order valence-corrected chi connectivity index (χ4v) is 3.80. The van der Waals surface area contributed by atoms with Crippen molar-refractivity contribution in [3.63, 3.8) is 0 Å². The number of fused-ring (bicyclic) bond motifs is 3. The quantitative estimate of drug-likeness (QED) is 0.840. The summed E-state index contributed by atoms with van der Waals surface area (Å²) in [6.45, 7) is 0. The Balaban J connectivity index is 2.23. The molecule has 5 heteroatoms. The van der Waals surface area contributed by atoms with Gasteiger partial charge in [-0.1, -0.05) is 29.3 Å². The minimum Gasteiger partial charge on any atom is -0.477 e. The average Bonchev–Trinajstić information content (AvgIpc) is 2.77. The molecule has 1 aliphatic carbocycles. The van der Waals surface area contributed by atoms with Crippen LogP contribution < -0.4 is 0 Å². The summed E-state index contributed by atoms with van der Waals surface area (Å²) in [5, 5.41) is 10.2. The van der Waals surface area contributed by atoms with Crippen molar-refractivity contribution < 1.29 is 9.90 Å². The molecule has 0 spiro atoms. The van der Waals surface area contributed by atoms with Gasteiger partial charge in [0.15, 0.2) is 0 Å². The molecule has 0 amide bonds. The topological polar surface area (TPSA) is 37.3 Å². The van der Waals surface area contributed by atoms with Crippen LogP contribution in [0.2, 0.25) is 10.0 Å². The number of benzene rings is 1. The first-order chi connectivity index (χ1) is 8.58. The molecular formula is C13H8Cl2O2S. The van der Waals surface area contributed by atoms with Crippen LogP contribution >= 0.6 is 34.5 Å². The Kier molecular flexibility index (Phi) is 2.85. The summed E-state index contributed by atoms with van der Waals surface area (Å²) < 4.78 is 0. The molecule has 0 aliphatic heterocycles. The first kappa shape index (κ1) is 12.0. The maximum atomic E-state index is 11.0. The molecule has 2 aromatic rings. The molecule has 1 N–H and O–H groups in total. The number of thiophene rings is 1. The molecule has 0 fully saturated rings. The van der Waals surface area contributed by atoms with Gasteiger partial charge in [0.1, 0.15) is 4.88 Å². The Labute approximate surface area is 118 Å². The van der Waals surface area contributed by atoms with Gasteiger partial charge < -0.3 is 5.11 Å². The average molecular weight is 299 g/mol. The van der Waals surface area contributed by atoms with Gasteiger partial charge in [-0.3, -0.25) is 0 Å². The van der Waals surface area contributed by atoms with Gasteiger partial charge in [0.05, 0.1) is 10.0 Å². The lowest BCUT2D eigenvalue weighted by atomic mass is 9.91. The molecule has 1 aromatic carbocycles. The summed E-state index contributed by atoms with van der Waals surface area (Å²) in [5.74, 6) is -0.879. The van der Waals surface area contributed by atoms with Crippen LogP contribution in [0.15, 0.2) is 18.2 Å². The Morgan fingerprint density at radius 1 is 1.28 bits per heavy atom. The van der Waals surface area contributed by atoms with Crippen LogP contribution in [0.1, 0.15) is 20.8 Å². The molecule has 0 saturated carbocycles. The monoisotopic (exact) mass is 298 g/mol. The first-order valence-electron chi connectivity index (χ1n) is 5.41. The number of rotatable bonds is 1. The zero-order valence-electron chi connectivity index (χ0n) is 9.17. The van der Waals surface area contributed by atoms with Crippen molar-refractivity contribution in [2.45, 2.75) is 12.8 Å². The van der Waals surface area contributed by atoms with Crippen molar-refractivity contribution in [1.82, 2.24) is 0 Å². The number of hydrogen-bond acceptors (Lipinski definition) is 2. The van der Waals surface area contributed by atoms with E-state index in [0.29, 0.717) is 14.9 Å². The van der Waals surface area contributed by atoms with Gasteiger partial charge in [-0.05, 0) is 41.7 Å². The van der Waals surface area contributed by atoms with E-state index in [4.69, 9.17) is 28.3 Å². The van der Waals surface area contributed by atoms with Crippen LogP contribution in [0.3, 0.4) is 0 Å². The maximum Gasteiger partial charge on any atom is 0.345 e. The van der Waals surface area contributed by atoms with Crippen molar-refractivity contribution in [2.75, 3.05) is 0 Å². The van der Waals surface area contributed by atoms with E-state index in [1.165, 1.54) is 11.3 Å². The number of carbonyl (C=O) groups is 1. The molecule has 0 saturated heterocycles. The number of carboxylic acid groups (broad SMARTS) is 1. The normalized spacial score (nSPS) is 13.0. The van der Waals surface area contributed by atoms with Crippen LogP contribution in [0, 0.1) is 0 Å². The van der Waals surface area contributed by atoms with Crippen LogP contribution in [0.5, 0.6) is 0 Å². The maximum absolute atomic E-state index is 11.0. The zero-order chi connectivity index (χ0) is 12.9. The molecule has 1 heterocycles. The van der Waals surface area contributed by atoms with E-state index < -0.39 is 5.97 Å². The summed E-state index contributed by atoms with van der Waals surface area (Å²) in [7, 11) is 0. The summed E-state index contributed by atoms with van der Waals surface area (Å²) in [6.07, 6.45) is 1.61. The van der Waals surface area contributed by atoms with Crippen LogP contribution in [-0.4, -0.2) is 11.1 Å². The highest BCUT2D eigenvalue weighted by Gasteiger charge is 2.23. The Morgan fingerprint density at radius 2 is 2.06 bits per heavy atom. The van der Waals surface area contributed by atoms with Crippen molar-refractivity contribution in [1.29, 1.82) is 0 Å². The highest BCUT2D eigenvalue weighted by Crippen LogP contribution is 2.43. The number of halogens is 2. The summed E-state index contributed by atoms with van der Waals surface area (Å²) in [6, 6.07) is 5.44. The van der Waals surface area contributed by atoms with E-state index >= 15 is 0 Å². The number of carboxylic acids is 1. The molecule has 92 valence electrons.